The van der Waals surface area contributed by atoms with Crippen molar-refractivity contribution in [2.24, 2.45) is 0 Å². The highest BCUT2D eigenvalue weighted by atomic mass is 15.0. The average Bonchev–Trinajstić information content (AvgIpc) is 4.19. The van der Waals surface area contributed by atoms with Gasteiger partial charge in [0, 0.05) is 49.6 Å². The second kappa shape index (κ2) is 19.0. The van der Waals surface area contributed by atoms with Crippen LogP contribution in [0.1, 0.15) is 22.3 Å². The summed E-state index contributed by atoms with van der Waals surface area (Å²) in [5.74, 6) is 0.673. The van der Waals surface area contributed by atoms with Crippen LogP contribution in [0.3, 0.4) is 0 Å². The van der Waals surface area contributed by atoms with Crippen LogP contribution >= 0.6 is 0 Å². The molecule has 0 aliphatic heterocycles. The maximum absolute atomic E-state index is 5.47. The second-order valence-electron chi connectivity index (χ2n) is 21.0. The van der Waals surface area contributed by atoms with Gasteiger partial charge in [0.05, 0.1) is 33.5 Å². The molecule has 0 aliphatic rings. The van der Waals surface area contributed by atoms with Crippen LogP contribution in [0, 0.1) is 27.7 Å². The highest BCUT2D eigenvalue weighted by molar-refractivity contribution is 6.13. The van der Waals surface area contributed by atoms with Crippen molar-refractivity contribution in [1.82, 2.24) is 19.1 Å². The van der Waals surface area contributed by atoms with Crippen molar-refractivity contribution in [3.05, 3.63) is 277 Å². The molecule has 4 nitrogen and oxygen atoms in total. The van der Waals surface area contributed by atoms with Crippen LogP contribution in [-0.2, 0) is 0 Å². The number of rotatable bonds is 9. The number of benzene rings is 11. The van der Waals surface area contributed by atoms with Gasteiger partial charge in [-0.2, -0.15) is 0 Å². The van der Waals surface area contributed by atoms with Gasteiger partial charge in [-0.25, -0.2) is 9.97 Å². The molecule has 14 rings (SSSR count). The molecule has 11 aromatic carbocycles. The van der Waals surface area contributed by atoms with E-state index in [1.165, 1.54) is 88.3 Å². The number of nitrogens with zero attached hydrogens (tertiary/aromatic N) is 4. The van der Waals surface area contributed by atoms with Gasteiger partial charge >= 0.3 is 0 Å². The van der Waals surface area contributed by atoms with Crippen LogP contribution < -0.4 is 0 Å². The summed E-state index contributed by atoms with van der Waals surface area (Å²) in [6, 6.07) is 93.2. The van der Waals surface area contributed by atoms with Crippen LogP contribution in [0.5, 0.6) is 0 Å². The van der Waals surface area contributed by atoms with Crippen molar-refractivity contribution in [1.29, 1.82) is 0 Å². The first-order chi connectivity index (χ1) is 38.2. The van der Waals surface area contributed by atoms with Crippen LogP contribution in [0.4, 0.5) is 0 Å². The summed E-state index contributed by atoms with van der Waals surface area (Å²) in [7, 11) is 0. The fourth-order valence-electron chi connectivity index (χ4n) is 11.7. The summed E-state index contributed by atoms with van der Waals surface area (Å²) in [6.45, 7) is 8.66. The Kier molecular flexibility index (Phi) is 11.4. The van der Waals surface area contributed by atoms with Crippen LogP contribution in [-0.4, -0.2) is 19.1 Å². The molecule has 3 heterocycles. The first-order valence-corrected chi connectivity index (χ1v) is 26.9. The molecule has 0 fully saturated rings. The molecular weight excluding hydrogens is 945 g/mol. The molecule has 0 unspecified atom stereocenters. The minimum absolute atomic E-state index is 0.673. The Morgan fingerprint density at radius 3 is 0.885 bits per heavy atom. The molecule has 0 saturated carbocycles. The summed E-state index contributed by atoms with van der Waals surface area (Å²) in [5.41, 5.74) is 25.7. The van der Waals surface area contributed by atoms with Crippen molar-refractivity contribution >= 4 is 43.6 Å². The zero-order chi connectivity index (χ0) is 52.4. The monoisotopic (exact) mass is 998 g/mol. The van der Waals surface area contributed by atoms with Crippen molar-refractivity contribution in [2.75, 3.05) is 0 Å². The Morgan fingerprint density at radius 1 is 0.231 bits per heavy atom. The fourth-order valence-corrected chi connectivity index (χ4v) is 11.7. The van der Waals surface area contributed by atoms with Crippen molar-refractivity contribution in [2.45, 2.75) is 27.7 Å². The molecule has 0 saturated heterocycles. The first-order valence-electron chi connectivity index (χ1n) is 26.9. The van der Waals surface area contributed by atoms with E-state index >= 15 is 0 Å². The van der Waals surface area contributed by atoms with E-state index < -0.39 is 0 Å². The lowest BCUT2D eigenvalue weighted by molar-refractivity contribution is 1.13. The van der Waals surface area contributed by atoms with Gasteiger partial charge in [-0.05, 0) is 145 Å². The third-order valence-corrected chi connectivity index (χ3v) is 15.5. The van der Waals surface area contributed by atoms with Crippen molar-refractivity contribution in [3.8, 4) is 89.8 Å². The fraction of sp³-hybridized carbons (Fsp3) is 0.0541. The molecule has 0 atom stereocenters. The Balaban J connectivity index is 1.07. The van der Waals surface area contributed by atoms with E-state index in [0.717, 1.165) is 61.5 Å². The Hall–Kier alpha value is -9.90. The van der Waals surface area contributed by atoms with Gasteiger partial charge in [-0.15, -0.1) is 0 Å². The molecule has 370 valence electrons. The number of hydrogen-bond donors (Lipinski definition) is 0. The zero-order valence-corrected chi connectivity index (χ0v) is 44.0. The SMILES string of the molecule is Cc1cccc(-c2ccc3c(c2)c2cc(-c4cccc(C)c4)ccc2n3-c2cc(-c3cc(-c4ccccc4)nc(-c4ccccc4)n3)cc(-n3c4ccc(-c5cccc(C)c5)cc4c4cc(-c5cccc(C)c5)ccc43)c2)c1. The number of aryl methyl sites for hydroxylation is 4. The van der Waals surface area contributed by atoms with Gasteiger partial charge in [0.2, 0.25) is 0 Å². The molecule has 0 aliphatic carbocycles. The van der Waals surface area contributed by atoms with E-state index in [1.807, 2.05) is 6.07 Å². The Morgan fingerprint density at radius 2 is 0.538 bits per heavy atom. The van der Waals surface area contributed by atoms with Crippen molar-refractivity contribution in [3.63, 3.8) is 0 Å². The molecule has 3 aromatic heterocycles. The Labute approximate surface area is 454 Å². The van der Waals surface area contributed by atoms with E-state index in [2.05, 4.69) is 286 Å². The molecule has 0 amide bonds. The van der Waals surface area contributed by atoms with Gasteiger partial charge in [-0.1, -0.05) is 204 Å². The third kappa shape index (κ3) is 8.45. The highest BCUT2D eigenvalue weighted by Crippen LogP contribution is 2.42. The average molecular weight is 999 g/mol. The number of aromatic nitrogens is 4. The van der Waals surface area contributed by atoms with Gasteiger partial charge in [0.25, 0.3) is 0 Å². The van der Waals surface area contributed by atoms with E-state index in [-0.39, 0.29) is 0 Å². The molecule has 0 bridgehead atoms. The molecule has 0 radical (unpaired) electrons. The lowest BCUT2D eigenvalue weighted by Crippen LogP contribution is -2.02. The van der Waals surface area contributed by atoms with E-state index in [9.17, 15) is 0 Å². The Bertz CT molecular complexity index is 4160. The maximum Gasteiger partial charge on any atom is 0.160 e. The topological polar surface area (TPSA) is 35.6 Å². The van der Waals surface area contributed by atoms with E-state index in [1.54, 1.807) is 0 Å². The van der Waals surface area contributed by atoms with Gasteiger partial charge in [-0.3, -0.25) is 0 Å². The summed E-state index contributed by atoms with van der Waals surface area (Å²) in [6.07, 6.45) is 0. The largest absolute Gasteiger partial charge is 0.309 e. The van der Waals surface area contributed by atoms with Gasteiger partial charge in [0.1, 0.15) is 0 Å². The first kappa shape index (κ1) is 46.6. The molecule has 0 spiro atoms. The van der Waals surface area contributed by atoms with Crippen LogP contribution in [0.15, 0.2) is 255 Å². The number of fused-ring (bicyclic) bond motifs is 6. The second-order valence-corrected chi connectivity index (χ2v) is 21.0. The molecule has 4 heteroatoms. The predicted molar refractivity (Wildman–Crippen MR) is 328 cm³/mol. The lowest BCUT2D eigenvalue weighted by atomic mass is 9.99. The molecule has 0 N–H and O–H groups in total. The van der Waals surface area contributed by atoms with Gasteiger partial charge < -0.3 is 9.13 Å². The molecular formula is C74H54N4. The highest BCUT2D eigenvalue weighted by Gasteiger charge is 2.21. The smallest absolute Gasteiger partial charge is 0.160 e. The summed E-state index contributed by atoms with van der Waals surface area (Å²) in [5, 5.41) is 4.76. The quantitative estimate of drug-likeness (QED) is 0.144. The van der Waals surface area contributed by atoms with Gasteiger partial charge in [0.15, 0.2) is 5.82 Å². The van der Waals surface area contributed by atoms with Crippen LogP contribution in [0.2, 0.25) is 0 Å². The zero-order valence-electron chi connectivity index (χ0n) is 44.0. The standard InChI is InChI=1S/C74H54N4/c1-47-15-11-23-53(35-47)57-27-31-70-64(41-57)65-42-58(54-24-12-16-48(2)36-54)28-32-71(65)77(70)62-39-61(69-46-68(51-19-7-5-8-20-51)75-74(76-69)52-21-9-6-10-22-52)40-63(45-62)78-72-33-29-59(55-25-13-17-49(3)37-55)43-66(72)67-44-60(30-34-73(67)78)56-26-14-18-50(4)38-56/h5-46H,1-4H3. The summed E-state index contributed by atoms with van der Waals surface area (Å²) >= 11 is 0. The predicted octanol–water partition coefficient (Wildman–Crippen LogP) is 19.6. The molecule has 78 heavy (non-hydrogen) atoms. The summed E-state index contributed by atoms with van der Waals surface area (Å²) in [4.78, 5) is 10.7. The maximum atomic E-state index is 5.47. The summed E-state index contributed by atoms with van der Waals surface area (Å²) < 4.78 is 4.93. The minimum atomic E-state index is 0.673. The van der Waals surface area contributed by atoms with E-state index in [4.69, 9.17) is 9.97 Å². The number of hydrogen-bond acceptors (Lipinski definition) is 2. The van der Waals surface area contributed by atoms with E-state index in [0.29, 0.717) is 5.82 Å². The minimum Gasteiger partial charge on any atom is -0.309 e. The van der Waals surface area contributed by atoms with Crippen LogP contribution in [0.25, 0.3) is 133 Å². The van der Waals surface area contributed by atoms with Crippen molar-refractivity contribution < 1.29 is 0 Å². The third-order valence-electron chi connectivity index (χ3n) is 15.5. The normalized spacial score (nSPS) is 11.6. The lowest BCUT2D eigenvalue weighted by Gasteiger charge is -2.17. The molecule has 14 aromatic rings.